The summed E-state index contributed by atoms with van der Waals surface area (Å²) in [6.07, 6.45) is 0. The molecule has 0 spiro atoms. The Morgan fingerprint density at radius 1 is 1.04 bits per heavy atom. The summed E-state index contributed by atoms with van der Waals surface area (Å²) >= 11 is 1.22. The minimum Gasteiger partial charge on any atom is -0.465 e. The molecule has 0 unspecified atom stereocenters. The van der Waals surface area contributed by atoms with Gasteiger partial charge in [-0.1, -0.05) is 25.6 Å². The van der Waals surface area contributed by atoms with Crippen LogP contribution < -0.4 is 10.6 Å². The Balaban J connectivity index is 1.83. The summed E-state index contributed by atoms with van der Waals surface area (Å²) in [6, 6.07) is 9.72. The van der Waals surface area contributed by atoms with Gasteiger partial charge in [0.25, 0.3) is 0 Å². The molecular formula is C18H20N4O4S. The first-order valence-electron chi connectivity index (χ1n) is 8.14. The molecule has 0 saturated heterocycles. The third-order valence-electron chi connectivity index (χ3n) is 3.36. The molecule has 0 aliphatic carbocycles. The van der Waals surface area contributed by atoms with E-state index < -0.39 is 5.97 Å². The maximum atomic E-state index is 12.0. The Hall–Kier alpha value is -2.94. The third-order valence-corrected chi connectivity index (χ3v) is 4.28. The van der Waals surface area contributed by atoms with E-state index in [2.05, 4.69) is 25.6 Å². The summed E-state index contributed by atoms with van der Waals surface area (Å²) in [5, 5.41) is 13.8. The smallest absolute Gasteiger partial charge is 0.337 e. The number of rotatable bonds is 7. The van der Waals surface area contributed by atoms with Crippen LogP contribution in [0.5, 0.6) is 0 Å². The number of ether oxygens (including phenoxy) is 1. The maximum absolute atomic E-state index is 12.0. The molecule has 0 fully saturated rings. The zero-order valence-corrected chi connectivity index (χ0v) is 16.0. The van der Waals surface area contributed by atoms with E-state index in [1.165, 1.54) is 18.9 Å². The fourth-order valence-corrected chi connectivity index (χ4v) is 2.49. The highest BCUT2D eigenvalue weighted by Crippen LogP contribution is 2.17. The van der Waals surface area contributed by atoms with Gasteiger partial charge in [-0.25, -0.2) is 4.79 Å². The molecule has 0 aliphatic rings. The van der Waals surface area contributed by atoms with Crippen molar-refractivity contribution in [3.8, 4) is 0 Å². The Kier molecular flexibility index (Phi) is 7.30. The monoisotopic (exact) mass is 388 g/mol. The Labute approximate surface area is 161 Å². The van der Waals surface area contributed by atoms with Crippen molar-refractivity contribution in [2.45, 2.75) is 18.9 Å². The van der Waals surface area contributed by atoms with Crippen LogP contribution in [0, 0.1) is 5.92 Å². The minimum atomic E-state index is -0.435. The molecule has 0 bridgehead atoms. The fraction of sp³-hybridized carbons (Fsp3) is 0.278. The van der Waals surface area contributed by atoms with E-state index in [9.17, 15) is 14.4 Å². The number of anilines is 2. The number of methoxy groups -OCH3 is 1. The van der Waals surface area contributed by atoms with Gasteiger partial charge in [-0.15, -0.1) is 10.2 Å². The number of hydrogen-bond donors (Lipinski definition) is 2. The summed E-state index contributed by atoms with van der Waals surface area (Å²) in [7, 11) is 1.31. The highest BCUT2D eigenvalue weighted by atomic mass is 32.2. The molecular weight excluding hydrogens is 368 g/mol. The summed E-state index contributed by atoms with van der Waals surface area (Å²) in [6.45, 7) is 3.57. The number of hydrogen-bond acceptors (Lipinski definition) is 7. The highest BCUT2D eigenvalue weighted by molar-refractivity contribution is 7.99. The average molecular weight is 388 g/mol. The van der Waals surface area contributed by atoms with Gasteiger partial charge in [0.2, 0.25) is 11.8 Å². The summed E-state index contributed by atoms with van der Waals surface area (Å²) in [5.41, 5.74) is 0.982. The number of nitrogens with one attached hydrogen (secondary N) is 2. The van der Waals surface area contributed by atoms with Crippen molar-refractivity contribution in [1.82, 2.24) is 10.2 Å². The van der Waals surface area contributed by atoms with Crippen molar-refractivity contribution in [3.63, 3.8) is 0 Å². The number of carbonyl (C=O) groups excluding carboxylic acids is 3. The normalized spacial score (nSPS) is 10.4. The molecule has 2 N–H and O–H groups in total. The number of thioether (sulfide) groups is 1. The summed E-state index contributed by atoms with van der Waals surface area (Å²) in [4.78, 5) is 35.0. The molecule has 1 heterocycles. The molecule has 142 valence electrons. The second-order valence-corrected chi connectivity index (χ2v) is 6.80. The Morgan fingerprint density at radius 3 is 2.30 bits per heavy atom. The van der Waals surface area contributed by atoms with Crippen molar-refractivity contribution in [3.05, 3.63) is 42.0 Å². The van der Waals surface area contributed by atoms with Crippen molar-refractivity contribution >= 4 is 41.1 Å². The molecule has 0 saturated carbocycles. The van der Waals surface area contributed by atoms with Crippen molar-refractivity contribution in [2.24, 2.45) is 5.92 Å². The van der Waals surface area contributed by atoms with Gasteiger partial charge in [0.1, 0.15) is 5.03 Å². The predicted molar refractivity (Wildman–Crippen MR) is 103 cm³/mol. The standard InChI is InChI=1S/C18H20N4O4S/c1-11(2)17(24)20-14-8-9-16(22-21-14)27-10-15(23)19-13-6-4-12(5-7-13)18(25)26-3/h4-9,11H,10H2,1-3H3,(H,19,23)(H,20,21,24). The van der Waals surface area contributed by atoms with E-state index in [-0.39, 0.29) is 23.5 Å². The van der Waals surface area contributed by atoms with Crippen LogP contribution >= 0.6 is 11.8 Å². The van der Waals surface area contributed by atoms with Gasteiger partial charge in [-0.2, -0.15) is 0 Å². The van der Waals surface area contributed by atoms with Crippen molar-refractivity contribution in [1.29, 1.82) is 0 Å². The third kappa shape index (κ3) is 6.37. The first-order chi connectivity index (χ1) is 12.9. The van der Waals surface area contributed by atoms with Gasteiger partial charge in [0.05, 0.1) is 18.4 Å². The second-order valence-electron chi connectivity index (χ2n) is 5.81. The first kappa shape index (κ1) is 20.4. The molecule has 2 aromatic rings. The molecule has 2 rings (SSSR count). The predicted octanol–water partition coefficient (Wildman–Crippen LogP) is 2.59. The van der Waals surface area contributed by atoms with Gasteiger partial charge in [0, 0.05) is 11.6 Å². The largest absolute Gasteiger partial charge is 0.465 e. The van der Waals surface area contributed by atoms with Gasteiger partial charge in [-0.05, 0) is 36.4 Å². The van der Waals surface area contributed by atoms with Crippen LogP contribution in [0.4, 0.5) is 11.5 Å². The van der Waals surface area contributed by atoms with Gasteiger partial charge in [0.15, 0.2) is 5.82 Å². The quantitative estimate of drug-likeness (QED) is 0.554. The topological polar surface area (TPSA) is 110 Å². The van der Waals surface area contributed by atoms with E-state index in [0.717, 1.165) is 0 Å². The SMILES string of the molecule is COC(=O)c1ccc(NC(=O)CSc2ccc(NC(=O)C(C)C)nn2)cc1. The molecule has 0 aliphatic heterocycles. The Bertz CT molecular complexity index is 807. The molecule has 0 atom stereocenters. The van der Waals surface area contributed by atoms with Crippen molar-refractivity contribution in [2.75, 3.05) is 23.5 Å². The van der Waals surface area contributed by atoms with Gasteiger partial charge < -0.3 is 15.4 Å². The highest BCUT2D eigenvalue weighted by Gasteiger charge is 2.10. The van der Waals surface area contributed by atoms with Crippen molar-refractivity contribution < 1.29 is 19.1 Å². The van der Waals surface area contributed by atoms with Crippen LogP contribution in [0.2, 0.25) is 0 Å². The van der Waals surface area contributed by atoms with Crippen LogP contribution in [0.1, 0.15) is 24.2 Å². The zero-order chi connectivity index (χ0) is 19.8. The fourth-order valence-electron chi connectivity index (χ4n) is 1.88. The van der Waals surface area contributed by atoms with E-state index in [0.29, 0.717) is 22.1 Å². The number of nitrogens with zero attached hydrogens (tertiary/aromatic N) is 2. The van der Waals surface area contributed by atoms with Gasteiger partial charge in [-0.3, -0.25) is 9.59 Å². The maximum Gasteiger partial charge on any atom is 0.337 e. The lowest BCUT2D eigenvalue weighted by molar-refractivity contribution is -0.119. The Morgan fingerprint density at radius 2 is 1.74 bits per heavy atom. The van der Waals surface area contributed by atoms with Gasteiger partial charge >= 0.3 is 5.97 Å². The number of carbonyl (C=O) groups is 3. The average Bonchev–Trinajstić information content (AvgIpc) is 2.67. The molecule has 0 radical (unpaired) electrons. The number of amides is 2. The minimum absolute atomic E-state index is 0.137. The molecule has 27 heavy (non-hydrogen) atoms. The number of benzene rings is 1. The molecule has 8 nitrogen and oxygen atoms in total. The number of aromatic nitrogens is 2. The molecule has 9 heteroatoms. The zero-order valence-electron chi connectivity index (χ0n) is 15.2. The van der Waals surface area contributed by atoms with E-state index >= 15 is 0 Å². The van der Waals surface area contributed by atoms with Crippen LogP contribution in [-0.2, 0) is 14.3 Å². The lowest BCUT2D eigenvalue weighted by atomic mass is 10.2. The van der Waals surface area contributed by atoms with Crippen LogP contribution in [0.3, 0.4) is 0 Å². The van der Waals surface area contributed by atoms with E-state index in [4.69, 9.17) is 0 Å². The lowest BCUT2D eigenvalue weighted by Crippen LogP contribution is -2.18. The van der Waals surface area contributed by atoms with Crippen LogP contribution in [0.25, 0.3) is 0 Å². The first-order valence-corrected chi connectivity index (χ1v) is 9.13. The molecule has 1 aromatic carbocycles. The molecule has 2 amide bonds. The number of esters is 1. The van der Waals surface area contributed by atoms with E-state index in [1.54, 1.807) is 50.2 Å². The summed E-state index contributed by atoms with van der Waals surface area (Å²) in [5.74, 6) is -0.424. The van der Waals surface area contributed by atoms with Crippen LogP contribution in [-0.4, -0.2) is 40.8 Å². The second kappa shape index (κ2) is 9.67. The lowest BCUT2D eigenvalue weighted by Gasteiger charge is -2.07. The molecule has 1 aromatic heterocycles. The summed E-state index contributed by atoms with van der Waals surface area (Å²) < 4.78 is 4.62. The van der Waals surface area contributed by atoms with Crippen LogP contribution in [0.15, 0.2) is 41.4 Å². The van der Waals surface area contributed by atoms with E-state index in [1.807, 2.05) is 0 Å².